The van der Waals surface area contributed by atoms with Crippen molar-refractivity contribution in [1.29, 1.82) is 0 Å². The van der Waals surface area contributed by atoms with Crippen molar-refractivity contribution < 1.29 is 9.15 Å². The molecule has 4 rings (SSSR count). The van der Waals surface area contributed by atoms with Crippen LogP contribution in [0.25, 0.3) is 0 Å². The highest BCUT2D eigenvalue weighted by Gasteiger charge is 2.23. The molecule has 2 aliphatic heterocycles. The molecule has 2 aromatic rings. The molecule has 25 heavy (non-hydrogen) atoms. The number of hydrogen-bond donors (Lipinski definition) is 1. The summed E-state index contributed by atoms with van der Waals surface area (Å²) in [6.07, 6.45) is 7.74. The smallest absolute Gasteiger partial charge is 0.133 e. The number of nitrogens with zero attached hydrogens (tertiary/aromatic N) is 4. The van der Waals surface area contributed by atoms with Crippen LogP contribution >= 0.6 is 0 Å². The Bertz CT molecular complexity index is 669. The maximum Gasteiger partial charge on any atom is 0.133 e. The van der Waals surface area contributed by atoms with Gasteiger partial charge in [0.05, 0.1) is 24.5 Å². The third kappa shape index (κ3) is 3.94. The summed E-state index contributed by atoms with van der Waals surface area (Å²) in [4.78, 5) is 2.45. The van der Waals surface area contributed by atoms with Crippen LogP contribution in [0.4, 0.5) is 0 Å². The normalized spacial score (nSPS) is 23.2. The number of ether oxygens (including phenoxy) is 1. The molecule has 2 fully saturated rings. The number of aromatic nitrogens is 3. The van der Waals surface area contributed by atoms with Crippen molar-refractivity contribution >= 4 is 0 Å². The molecule has 0 spiro atoms. The Kier molecular flexibility index (Phi) is 5.14. The molecule has 1 atom stereocenters. The van der Waals surface area contributed by atoms with Crippen molar-refractivity contribution in [2.45, 2.75) is 57.3 Å². The van der Waals surface area contributed by atoms with E-state index in [0.29, 0.717) is 12.6 Å². The van der Waals surface area contributed by atoms with Crippen LogP contribution in [-0.4, -0.2) is 39.6 Å². The highest BCUT2D eigenvalue weighted by atomic mass is 16.5. The summed E-state index contributed by atoms with van der Waals surface area (Å²) in [7, 11) is 0. The van der Waals surface area contributed by atoms with Crippen LogP contribution < -0.4 is 5.73 Å². The molecule has 7 nitrogen and oxygen atoms in total. The maximum absolute atomic E-state index is 6.05. The first-order valence-electron chi connectivity index (χ1n) is 9.35. The predicted octanol–water partition coefficient (Wildman–Crippen LogP) is 2.41. The Morgan fingerprint density at radius 1 is 1.16 bits per heavy atom. The Morgan fingerprint density at radius 3 is 2.76 bits per heavy atom. The Balaban J connectivity index is 1.29. The Hall–Kier alpha value is -1.70. The zero-order chi connectivity index (χ0) is 17.1. The predicted molar refractivity (Wildman–Crippen MR) is 92.7 cm³/mol. The minimum absolute atomic E-state index is 0.150. The van der Waals surface area contributed by atoms with Gasteiger partial charge in [-0.3, -0.25) is 4.90 Å². The number of furan rings is 1. The van der Waals surface area contributed by atoms with E-state index in [2.05, 4.69) is 27.3 Å². The zero-order valence-electron chi connectivity index (χ0n) is 14.6. The van der Waals surface area contributed by atoms with E-state index in [1.54, 1.807) is 0 Å². The molecular weight excluding hydrogens is 318 g/mol. The molecule has 0 amide bonds. The summed E-state index contributed by atoms with van der Waals surface area (Å²) < 4.78 is 13.8. The van der Waals surface area contributed by atoms with E-state index in [4.69, 9.17) is 14.9 Å². The lowest BCUT2D eigenvalue weighted by Crippen LogP contribution is -2.34. The summed E-state index contributed by atoms with van der Waals surface area (Å²) in [6, 6.07) is 4.61. The molecule has 2 N–H and O–H groups in total. The van der Waals surface area contributed by atoms with Gasteiger partial charge in [-0.1, -0.05) is 5.21 Å². The van der Waals surface area contributed by atoms with Crippen molar-refractivity contribution in [3.63, 3.8) is 0 Å². The van der Waals surface area contributed by atoms with Crippen molar-refractivity contribution in [3.8, 4) is 0 Å². The fourth-order valence-corrected chi connectivity index (χ4v) is 3.77. The highest BCUT2D eigenvalue weighted by molar-refractivity contribution is 5.10. The van der Waals surface area contributed by atoms with Gasteiger partial charge in [0, 0.05) is 26.2 Å². The van der Waals surface area contributed by atoms with Gasteiger partial charge in [0.25, 0.3) is 0 Å². The van der Waals surface area contributed by atoms with E-state index < -0.39 is 0 Å². The van der Waals surface area contributed by atoms with Gasteiger partial charge in [-0.15, -0.1) is 5.10 Å². The molecule has 2 aliphatic rings. The standard InChI is InChI=1S/C18H27N5O2/c19-11-14-12-23(21-20-14)15-6-8-22(9-7-15)13-16-4-5-18(25-16)17-3-1-2-10-24-17/h4-5,12,15,17H,1-3,6-11,13,19H2/t17-/m1/s1. The molecule has 0 aliphatic carbocycles. The van der Waals surface area contributed by atoms with Gasteiger partial charge in [0.2, 0.25) is 0 Å². The second kappa shape index (κ2) is 7.68. The summed E-state index contributed by atoms with van der Waals surface area (Å²) >= 11 is 0. The van der Waals surface area contributed by atoms with E-state index in [-0.39, 0.29) is 6.10 Å². The number of likely N-dealkylation sites (tertiary alicyclic amines) is 1. The molecule has 4 heterocycles. The number of rotatable bonds is 5. The van der Waals surface area contributed by atoms with Crippen LogP contribution in [0.5, 0.6) is 0 Å². The molecule has 136 valence electrons. The van der Waals surface area contributed by atoms with Crippen LogP contribution in [0.15, 0.2) is 22.7 Å². The molecule has 0 unspecified atom stereocenters. The van der Waals surface area contributed by atoms with E-state index in [1.165, 1.54) is 6.42 Å². The van der Waals surface area contributed by atoms with Crippen molar-refractivity contribution in [2.75, 3.05) is 19.7 Å². The van der Waals surface area contributed by atoms with Crippen LogP contribution in [0.1, 0.15) is 61.5 Å². The monoisotopic (exact) mass is 345 g/mol. The van der Waals surface area contributed by atoms with E-state index >= 15 is 0 Å². The summed E-state index contributed by atoms with van der Waals surface area (Å²) in [5.41, 5.74) is 6.47. The minimum atomic E-state index is 0.150. The molecule has 0 radical (unpaired) electrons. The summed E-state index contributed by atoms with van der Waals surface area (Å²) in [6.45, 7) is 4.24. The van der Waals surface area contributed by atoms with Crippen LogP contribution in [0.3, 0.4) is 0 Å². The van der Waals surface area contributed by atoms with Crippen molar-refractivity contribution in [1.82, 2.24) is 19.9 Å². The number of nitrogens with two attached hydrogens (primary N) is 1. The van der Waals surface area contributed by atoms with Gasteiger partial charge in [0.1, 0.15) is 17.6 Å². The minimum Gasteiger partial charge on any atom is -0.462 e. The van der Waals surface area contributed by atoms with E-state index in [0.717, 1.165) is 69.1 Å². The largest absolute Gasteiger partial charge is 0.462 e. The Morgan fingerprint density at radius 2 is 2.04 bits per heavy atom. The van der Waals surface area contributed by atoms with Gasteiger partial charge >= 0.3 is 0 Å². The number of piperidine rings is 1. The molecule has 2 aromatic heterocycles. The van der Waals surface area contributed by atoms with Gasteiger partial charge in [-0.05, 0) is 44.2 Å². The first-order valence-corrected chi connectivity index (χ1v) is 9.35. The lowest BCUT2D eigenvalue weighted by molar-refractivity contribution is 0.000727. The zero-order valence-corrected chi connectivity index (χ0v) is 14.6. The van der Waals surface area contributed by atoms with E-state index in [1.807, 2.05) is 10.9 Å². The van der Waals surface area contributed by atoms with Crippen molar-refractivity contribution in [3.05, 3.63) is 35.5 Å². The fraction of sp³-hybridized carbons (Fsp3) is 0.667. The Labute approximate surface area is 148 Å². The van der Waals surface area contributed by atoms with Gasteiger partial charge in [-0.2, -0.15) is 0 Å². The lowest BCUT2D eigenvalue weighted by Gasteiger charge is -2.31. The van der Waals surface area contributed by atoms with Crippen LogP contribution in [0, 0.1) is 0 Å². The first kappa shape index (κ1) is 16.8. The SMILES string of the molecule is NCc1cn(C2CCN(Cc3ccc([C@H]4CCCCO4)o3)CC2)nn1. The summed E-state index contributed by atoms with van der Waals surface area (Å²) in [5, 5.41) is 8.30. The van der Waals surface area contributed by atoms with Crippen LogP contribution in [0.2, 0.25) is 0 Å². The molecule has 0 aromatic carbocycles. The average Bonchev–Trinajstić information content (AvgIpc) is 3.33. The molecule has 2 saturated heterocycles. The quantitative estimate of drug-likeness (QED) is 0.896. The first-order chi connectivity index (χ1) is 12.3. The van der Waals surface area contributed by atoms with Crippen LogP contribution in [-0.2, 0) is 17.8 Å². The second-order valence-electron chi connectivity index (χ2n) is 7.06. The molecule has 0 saturated carbocycles. The van der Waals surface area contributed by atoms with Gasteiger partial charge in [0.15, 0.2) is 0 Å². The molecular formula is C18H27N5O2. The van der Waals surface area contributed by atoms with Crippen molar-refractivity contribution in [2.24, 2.45) is 5.73 Å². The fourth-order valence-electron chi connectivity index (χ4n) is 3.77. The topological polar surface area (TPSA) is 82.3 Å². The average molecular weight is 345 g/mol. The molecule has 0 bridgehead atoms. The van der Waals surface area contributed by atoms with E-state index in [9.17, 15) is 0 Å². The lowest BCUT2D eigenvalue weighted by atomic mass is 10.1. The summed E-state index contributed by atoms with van der Waals surface area (Å²) in [5.74, 6) is 2.02. The highest BCUT2D eigenvalue weighted by Crippen LogP contribution is 2.30. The van der Waals surface area contributed by atoms with Gasteiger partial charge in [-0.25, -0.2) is 4.68 Å². The van der Waals surface area contributed by atoms with Gasteiger partial charge < -0.3 is 14.9 Å². The second-order valence-corrected chi connectivity index (χ2v) is 7.06. The third-order valence-corrected chi connectivity index (χ3v) is 5.26. The molecule has 7 heteroatoms. The third-order valence-electron chi connectivity index (χ3n) is 5.26. The maximum atomic E-state index is 6.05. The number of hydrogen-bond acceptors (Lipinski definition) is 6.